The van der Waals surface area contributed by atoms with Crippen molar-refractivity contribution in [3.63, 3.8) is 0 Å². The van der Waals surface area contributed by atoms with Crippen LogP contribution >= 0.6 is 0 Å². The van der Waals surface area contributed by atoms with Gasteiger partial charge in [-0.05, 0) is 58.9 Å². The number of nitrogens with zero attached hydrogens (tertiary/aromatic N) is 7. The minimum atomic E-state index is -1.55. The van der Waals surface area contributed by atoms with Gasteiger partial charge in [0.15, 0.2) is 17.0 Å². The van der Waals surface area contributed by atoms with Crippen molar-refractivity contribution < 1.29 is 30.0 Å². The molecule has 1 N–H and O–H groups in total. The molecule has 277 valence electrons. The number of pyridine rings is 1. The number of anilines is 9. The summed E-state index contributed by atoms with van der Waals surface area (Å²) in [5.74, 6) is 0.776. The van der Waals surface area contributed by atoms with Crippen LogP contribution in [0.2, 0.25) is 0 Å². The molecule has 1 radical (unpaired) electrons. The summed E-state index contributed by atoms with van der Waals surface area (Å²) in [7, 11) is 4.63. The van der Waals surface area contributed by atoms with Crippen molar-refractivity contribution in [1.29, 1.82) is 0 Å². The molecule has 11 heteroatoms. The molecule has 6 heterocycles. The van der Waals surface area contributed by atoms with Crippen molar-refractivity contribution >= 4 is 93.1 Å². The summed E-state index contributed by atoms with van der Waals surface area (Å²) >= 11 is 0. The number of fused-ring (bicyclic) bond motifs is 7. The molecule has 0 saturated heterocycles. The second kappa shape index (κ2) is 14.4. The normalized spacial score (nSPS) is 12.6. The van der Waals surface area contributed by atoms with E-state index in [0.29, 0.717) is 11.6 Å². The molecule has 9 nitrogen and oxygen atoms in total. The monoisotopic (exact) mass is 928 g/mol. The maximum Gasteiger partial charge on any atom is 0.309 e. The average Bonchev–Trinajstić information content (AvgIpc) is 3.95. The van der Waals surface area contributed by atoms with E-state index in [4.69, 9.17) is 14.4 Å². The molecule has 56 heavy (non-hydrogen) atoms. The summed E-state index contributed by atoms with van der Waals surface area (Å²) in [5.41, 5.74) is 9.96. The van der Waals surface area contributed by atoms with E-state index in [1.54, 1.807) is 0 Å². The van der Waals surface area contributed by atoms with Crippen molar-refractivity contribution in [3.8, 4) is 0 Å². The molecule has 0 aliphatic carbocycles. The van der Waals surface area contributed by atoms with Gasteiger partial charge < -0.3 is 28.3 Å². The van der Waals surface area contributed by atoms with E-state index in [1.165, 1.54) is 21.4 Å². The molecular formula is C45H37N8OPtSi. The number of hydrogen-bond donors (Lipinski definition) is 1. The molecule has 11 rings (SSSR count). The van der Waals surface area contributed by atoms with Gasteiger partial charge >= 0.3 is 6.01 Å². The zero-order valence-corrected chi connectivity index (χ0v) is 34.2. The number of hydrogen-bond acceptors (Lipinski definition) is 7. The molecule has 0 saturated carbocycles. The van der Waals surface area contributed by atoms with Gasteiger partial charge in [0.2, 0.25) is 8.96 Å². The quantitative estimate of drug-likeness (QED) is 0.108. The first-order chi connectivity index (χ1) is 27.0. The Hall–Kier alpha value is -6.35. The Morgan fingerprint density at radius 1 is 0.696 bits per heavy atom. The molecule has 0 unspecified atom stereocenters. The van der Waals surface area contributed by atoms with Gasteiger partial charge in [0, 0.05) is 46.7 Å². The van der Waals surface area contributed by atoms with Gasteiger partial charge in [0.05, 0.1) is 53.9 Å². The fraction of sp³-hybridized carbons (Fsp3) is 0.0667. The predicted octanol–water partition coefficient (Wildman–Crippen LogP) is 8.49. The molecule has 0 fully saturated rings. The summed E-state index contributed by atoms with van der Waals surface area (Å²) in [6.45, 7) is 0. The van der Waals surface area contributed by atoms with Gasteiger partial charge in [-0.2, -0.15) is 4.98 Å². The molecule has 0 atom stereocenters. The van der Waals surface area contributed by atoms with E-state index < -0.39 is 8.96 Å². The first kappa shape index (κ1) is 35.4. The van der Waals surface area contributed by atoms with Gasteiger partial charge in [-0.15, -0.1) is 12.1 Å². The van der Waals surface area contributed by atoms with E-state index in [-0.39, 0.29) is 21.1 Å². The maximum absolute atomic E-state index is 6.66. The van der Waals surface area contributed by atoms with Gasteiger partial charge in [-0.1, -0.05) is 90.3 Å². The minimum Gasteiger partial charge on any atom is -0.423 e. The maximum atomic E-state index is 6.66. The van der Waals surface area contributed by atoms with Gasteiger partial charge in [-0.25, -0.2) is 9.88 Å². The van der Waals surface area contributed by atoms with Crippen LogP contribution in [0, 0.1) is 0 Å². The molecule has 2 aliphatic rings. The summed E-state index contributed by atoms with van der Waals surface area (Å²) in [5, 5.41) is 7.58. The van der Waals surface area contributed by atoms with Crippen molar-refractivity contribution in [1.82, 2.24) is 14.5 Å². The van der Waals surface area contributed by atoms with Crippen LogP contribution in [0.4, 0.5) is 51.6 Å². The topological polar surface area (TPSA) is 69.5 Å². The Morgan fingerprint density at radius 3 is 2.09 bits per heavy atom. The molecule has 0 bridgehead atoms. The van der Waals surface area contributed by atoms with E-state index in [9.17, 15) is 0 Å². The largest absolute Gasteiger partial charge is 0.423 e. The predicted molar refractivity (Wildman–Crippen MR) is 224 cm³/mol. The van der Waals surface area contributed by atoms with Crippen LogP contribution in [0.3, 0.4) is 0 Å². The third-order valence-corrected chi connectivity index (χ3v) is 13.0. The van der Waals surface area contributed by atoms with Crippen LogP contribution in [0.15, 0.2) is 169 Å². The second-order valence-electron chi connectivity index (χ2n) is 13.7. The van der Waals surface area contributed by atoms with E-state index in [0.717, 1.165) is 51.1 Å². The molecular weight excluding hydrogens is 892 g/mol. The van der Waals surface area contributed by atoms with Gasteiger partial charge in [0.25, 0.3) is 0 Å². The molecule has 0 amide bonds. The SMILES string of the molecule is CN1c2ccccc2N(c2nc3c4c(ccc3o2)Nc2ccccc2N4[Si](c2ccccc2)c2ccccc2)c2ncccc21.Cn1ccc2[cH-]c[n+](C)c21.[Pt]. The Kier molecular flexibility index (Phi) is 9.08. The van der Waals surface area contributed by atoms with Crippen molar-refractivity contribution in [3.05, 3.63) is 164 Å². The first-order valence-corrected chi connectivity index (χ1v) is 19.7. The molecule has 2 aliphatic heterocycles. The number of aromatic nitrogens is 4. The van der Waals surface area contributed by atoms with E-state index >= 15 is 0 Å². The average molecular weight is 929 g/mol. The Balaban J connectivity index is 0.000000324. The minimum absolute atomic E-state index is 0. The number of rotatable bonds is 4. The Morgan fingerprint density at radius 2 is 1.36 bits per heavy atom. The fourth-order valence-corrected chi connectivity index (χ4v) is 10.6. The fourth-order valence-electron chi connectivity index (χ4n) is 7.86. The van der Waals surface area contributed by atoms with Crippen molar-refractivity contribution in [2.75, 3.05) is 26.7 Å². The zero-order valence-electron chi connectivity index (χ0n) is 30.9. The van der Waals surface area contributed by atoms with E-state index in [1.807, 2.05) is 29.3 Å². The summed E-state index contributed by atoms with van der Waals surface area (Å²) < 4.78 is 13.4. The summed E-state index contributed by atoms with van der Waals surface area (Å²) in [4.78, 5) is 14.3. The number of oxazole rings is 1. The zero-order chi connectivity index (χ0) is 37.0. The standard InChI is InChI=1S/C37H27N6OSi.C8H10N2.Pt/c1-41-30-19-10-11-20-31(30)42(36-32(41)21-12-24-38-36)37-40-34-33(44-37)23-22-28-35(34)43(29-18-9-8-17-27(29)39-28)45(25-13-4-2-5-14-25)26-15-6-3-7-16-26;1-9-5-3-7-4-6-10(2)8(7)9;/h2-24,39H,1H3;3-6H,1-2H3;. The van der Waals surface area contributed by atoms with Crippen molar-refractivity contribution in [2.24, 2.45) is 14.1 Å². The summed E-state index contributed by atoms with van der Waals surface area (Å²) in [6, 6.07) is 51.3. The second-order valence-corrected chi connectivity index (χ2v) is 16.0. The smallest absolute Gasteiger partial charge is 0.309 e. The third-order valence-electron chi connectivity index (χ3n) is 10.4. The van der Waals surface area contributed by atoms with Crippen LogP contribution in [0.25, 0.3) is 22.1 Å². The van der Waals surface area contributed by atoms with Crippen LogP contribution in [0.5, 0.6) is 0 Å². The number of benzene rings is 5. The molecule has 5 aromatic carbocycles. The molecule has 0 spiro atoms. The van der Waals surface area contributed by atoms with Gasteiger partial charge in [-0.3, -0.25) is 0 Å². The van der Waals surface area contributed by atoms with Crippen LogP contribution in [-0.4, -0.2) is 30.5 Å². The van der Waals surface area contributed by atoms with Gasteiger partial charge in [0.1, 0.15) is 5.52 Å². The molecule has 4 aromatic heterocycles. The number of aryl methyl sites for hydroxylation is 2. The van der Waals surface area contributed by atoms with E-state index in [2.05, 4.69) is 185 Å². The first-order valence-electron chi connectivity index (χ1n) is 18.3. The number of para-hydroxylation sites is 4. The number of nitrogens with one attached hydrogen (secondary N) is 1. The van der Waals surface area contributed by atoms with Crippen molar-refractivity contribution in [2.45, 2.75) is 0 Å². The third kappa shape index (κ3) is 5.80. The Bertz CT molecular complexity index is 2720. The van der Waals surface area contributed by atoms with Crippen LogP contribution in [0.1, 0.15) is 0 Å². The molecule has 9 aromatic rings. The summed E-state index contributed by atoms with van der Waals surface area (Å²) in [6.07, 6.45) is 5.96. The van der Waals surface area contributed by atoms with Crippen LogP contribution in [-0.2, 0) is 35.2 Å². The Labute approximate surface area is 341 Å². The van der Waals surface area contributed by atoms with Crippen LogP contribution < -0.4 is 34.6 Å².